The van der Waals surface area contributed by atoms with Gasteiger partial charge in [0.1, 0.15) is 17.2 Å². The number of amides is 3. The summed E-state index contributed by atoms with van der Waals surface area (Å²) in [4.78, 5) is 47.0. The topological polar surface area (TPSA) is 121 Å². The Morgan fingerprint density at radius 2 is 1.77 bits per heavy atom. The number of aliphatic hydroxyl groups is 1. The van der Waals surface area contributed by atoms with Crippen LogP contribution in [-0.4, -0.2) is 71.1 Å². The summed E-state index contributed by atoms with van der Waals surface area (Å²) in [5.41, 5.74) is 0.960. The van der Waals surface area contributed by atoms with Crippen molar-refractivity contribution in [3.05, 3.63) is 52.5 Å². The molecule has 9 nitrogen and oxygen atoms in total. The predicted molar refractivity (Wildman–Crippen MR) is 167 cm³/mol. The molecule has 0 spiro atoms. The molecule has 1 aliphatic heterocycles. The van der Waals surface area contributed by atoms with Crippen LogP contribution < -0.4 is 10.6 Å². The van der Waals surface area contributed by atoms with Crippen molar-refractivity contribution in [1.29, 1.82) is 0 Å². The molecule has 1 aromatic heterocycles. The molecule has 2 heterocycles. The Bertz CT molecular complexity index is 1130. The minimum atomic E-state index is -0.918. The van der Waals surface area contributed by atoms with Gasteiger partial charge < -0.3 is 25.4 Å². The lowest BCUT2D eigenvalue weighted by Crippen LogP contribution is -2.53. The maximum absolute atomic E-state index is 13.8. The molecule has 236 valence electrons. The van der Waals surface area contributed by atoms with Crippen molar-refractivity contribution in [2.45, 2.75) is 89.8 Å². The first-order valence-electron chi connectivity index (χ1n) is 15.9. The number of benzene rings is 1. The van der Waals surface area contributed by atoms with Crippen LogP contribution in [0.4, 0.5) is 0 Å². The Labute approximate surface area is 259 Å². The molecule has 43 heavy (non-hydrogen) atoms. The molecule has 4 rings (SSSR count). The fraction of sp³-hybridized carbons (Fsp3) is 0.636. The lowest BCUT2D eigenvalue weighted by atomic mass is 9.83. The van der Waals surface area contributed by atoms with Crippen LogP contribution >= 0.6 is 11.3 Å². The average Bonchev–Trinajstić information content (AvgIpc) is 3.56. The molecule has 0 bridgehead atoms. The van der Waals surface area contributed by atoms with E-state index in [1.165, 1.54) is 17.8 Å². The van der Waals surface area contributed by atoms with Crippen molar-refractivity contribution < 1.29 is 24.2 Å². The quantitative estimate of drug-likeness (QED) is 0.293. The molecule has 4 atom stereocenters. The molecule has 1 saturated carbocycles. The molecule has 2 fully saturated rings. The van der Waals surface area contributed by atoms with Crippen LogP contribution in [0, 0.1) is 17.8 Å². The van der Waals surface area contributed by atoms with E-state index in [1.54, 1.807) is 11.1 Å². The van der Waals surface area contributed by atoms with Gasteiger partial charge in [0.05, 0.1) is 25.2 Å². The maximum atomic E-state index is 13.8. The smallest absolute Gasteiger partial charge is 0.242 e. The number of nitrogens with zero attached hydrogens (tertiary/aromatic N) is 2. The molecule has 10 heteroatoms. The number of aromatic nitrogens is 1. The van der Waals surface area contributed by atoms with E-state index >= 15 is 0 Å². The number of rotatable bonds is 14. The number of morpholine rings is 1. The summed E-state index contributed by atoms with van der Waals surface area (Å²) >= 11 is 1.37. The number of hydrogen-bond acceptors (Lipinski definition) is 7. The Morgan fingerprint density at radius 1 is 1.05 bits per heavy atom. The average molecular weight is 613 g/mol. The Morgan fingerprint density at radius 3 is 2.42 bits per heavy atom. The van der Waals surface area contributed by atoms with Crippen molar-refractivity contribution in [3.63, 3.8) is 0 Å². The summed E-state index contributed by atoms with van der Waals surface area (Å²) < 4.78 is 5.39. The van der Waals surface area contributed by atoms with E-state index < -0.39 is 24.1 Å². The summed E-state index contributed by atoms with van der Waals surface area (Å²) in [7, 11) is 0. The van der Waals surface area contributed by atoms with Gasteiger partial charge >= 0.3 is 0 Å². The highest BCUT2D eigenvalue weighted by Crippen LogP contribution is 2.31. The third-order valence-corrected chi connectivity index (χ3v) is 9.39. The first-order chi connectivity index (χ1) is 20.8. The van der Waals surface area contributed by atoms with E-state index in [2.05, 4.69) is 15.6 Å². The standard InChI is InChI=1S/C33H48N4O5S/c1-23(2)19-28(32(41)35-27(21-25-11-7-4-8-12-25)30(39)33-34-13-18-43-33)36-31(40)26(20-24-9-5-3-6-10-24)22-29(38)37-14-16-42-17-15-37/h3,5-6,9-10,13,18,23,25-28,30,39H,4,7-8,11-12,14-17,19-22H2,1-2H3,(H,35,41)(H,36,40)/t26-,27+,28+,30-/m1/s1. The summed E-state index contributed by atoms with van der Waals surface area (Å²) in [5.74, 6) is -0.762. The second-order valence-electron chi connectivity index (χ2n) is 12.4. The van der Waals surface area contributed by atoms with Gasteiger partial charge in [0.2, 0.25) is 17.7 Å². The molecular weight excluding hydrogens is 564 g/mol. The number of aliphatic hydroxyl groups excluding tert-OH is 1. The Kier molecular flexibility index (Phi) is 13.0. The minimum Gasteiger partial charge on any atom is -0.384 e. The Hall–Kier alpha value is -2.82. The SMILES string of the molecule is CC(C)C[C@H](NC(=O)[C@@H](CC(=O)N1CCOCC1)Cc1ccccc1)C(=O)N[C@@H](CC1CCCCC1)[C@@H](O)c1nccs1. The van der Waals surface area contributed by atoms with Gasteiger partial charge in [0, 0.05) is 31.1 Å². The van der Waals surface area contributed by atoms with Gasteiger partial charge in [-0.1, -0.05) is 76.3 Å². The highest BCUT2D eigenvalue weighted by molar-refractivity contribution is 7.09. The second-order valence-corrected chi connectivity index (χ2v) is 13.4. The van der Waals surface area contributed by atoms with Gasteiger partial charge in [-0.15, -0.1) is 11.3 Å². The van der Waals surface area contributed by atoms with Crippen LogP contribution in [0.5, 0.6) is 0 Å². The third-order valence-electron chi connectivity index (χ3n) is 8.55. The van der Waals surface area contributed by atoms with Gasteiger partial charge in [-0.2, -0.15) is 0 Å². The predicted octanol–water partition coefficient (Wildman–Crippen LogP) is 4.27. The van der Waals surface area contributed by atoms with E-state index in [-0.39, 0.29) is 30.1 Å². The molecule has 0 unspecified atom stereocenters. The molecule has 3 N–H and O–H groups in total. The summed E-state index contributed by atoms with van der Waals surface area (Å²) in [6, 6.07) is 8.37. The van der Waals surface area contributed by atoms with Gasteiger partial charge in [-0.25, -0.2) is 4.98 Å². The van der Waals surface area contributed by atoms with Crippen molar-refractivity contribution in [2.75, 3.05) is 26.3 Å². The van der Waals surface area contributed by atoms with Crippen molar-refractivity contribution in [2.24, 2.45) is 17.8 Å². The maximum Gasteiger partial charge on any atom is 0.242 e. The number of thiazole rings is 1. The minimum absolute atomic E-state index is 0.0593. The van der Waals surface area contributed by atoms with Crippen LogP contribution in [0.3, 0.4) is 0 Å². The van der Waals surface area contributed by atoms with E-state index in [0.717, 1.165) is 31.2 Å². The fourth-order valence-electron chi connectivity index (χ4n) is 6.19. The second kappa shape index (κ2) is 16.9. The molecule has 2 aromatic rings. The summed E-state index contributed by atoms with van der Waals surface area (Å²) in [6.07, 6.45) is 8.03. The normalized spacial score (nSPS) is 18.9. The molecule has 3 amide bonds. The van der Waals surface area contributed by atoms with Crippen LogP contribution in [0.15, 0.2) is 41.9 Å². The van der Waals surface area contributed by atoms with Crippen LogP contribution in [0.25, 0.3) is 0 Å². The number of carbonyl (C=O) groups excluding carboxylic acids is 3. The summed E-state index contributed by atoms with van der Waals surface area (Å²) in [6.45, 7) is 6.04. The number of ether oxygens (including phenoxy) is 1. The van der Waals surface area contributed by atoms with Crippen molar-refractivity contribution >= 4 is 29.1 Å². The number of nitrogens with one attached hydrogen (secondary N) is 2. The van der Waals surface area contributed by atoms with Crippen LogP contribution in [0.1, 0.15) is 81.9 Å². The Balaban J connectivity index is 1.49. The number of hydrogen-bond donors (Lipinski definition) is 3. The molecule has 1 saturated heterocycles. The van der Waals surface area contributed by atoms with Gasteiger partial charge in [0.25, 0.3) is 0 Å². The largest absolute Gasteiger partial charge is 0.384 e. The fourth-order valence-corrected chi connectivity index (χ4v) is 6.87. The monoisotopic (exact) mass is 612 g/mol. The van der Waals surface area contributed by atoms with Gasteiger partial charge in [-0.05, 0) is 36.7 Å². The van der Waals surface area contributed by atoms with E-state index in [1.807, 2.05) is 49.6 Å². The number of carbonyl (C=O) groups is 3. The lowest BCUT2D eigenvalue weighted by molar-refractivity contribution is -0.140. The highest BCUT2D eigenvalue weighted by atomic mass is 32.1. The zero-order valence-corrected chi connectivity index (χ0v) is 26.4. The first-order valence-corrected chi connectivity index (χ1v) is 16.8. The van der Waals surface area contributed by atoms with E-state index in [4.69, 9.17) is 4.74 Å². The molecule has 1 aliphatic carbocycles. The van der Waals surface area contributed by atoms with Gasteiger partial charge in [-0.3, -0.25) is 14.4 Å². The molecular formula is C33H48N4O5S. The van der Waals surface area contributed by atoms with Crippen LogP contribution in [0.2, 0.25) is 0 Å². The molecule has 0 radical (unpaired) electrons. The van der Waals surface area contributed by atoms with E-state index in [9.17, 15) is 19.5 Å². The molecule has 1 aromatic carbocycles. The van der Waals surface area contributed by atoms with Crippen LogP contribution in [-0.2, 0) is 25.5 Å². The van der Waals surface area contributed by atoms with E-state index in [0.29, 0.717) is 56.5 Å². The highest BCUT2D eigenvalue weighted by Gasteiger charge is 2.33. The third kappa shape index (κ3) is 10.4. The zero-order chi connectivity index (χ0) is 30.6. The lowest BCUT2D eigenvalue weighted by Gasteiger charge is -2.32. The summed E-state index contributed by atoms with van der Waals surface area (Å²) in [5, 5.41) is 19.8. The van der Waals surface area contributed by atoms with Crippen molar-refractivity contribution in [3.8, 4) is 0 Å². The first kappa shape index (κ1) is 33.1. The molecule has 2 aliphatic rings. The van der Waals surface area contributed by atoms with Crippen molar-refractivity contribution in [1.82, 2.24) is 20.5 Å². The van der Waals surface area contributed by atoms with Gasteiger partial charge in [0.15, 0.2) is 0 Å². The zero-order valence-electron chi connectivity index (χ0n) is 25.6.